The molecule has 33 heavy (non-hydrogen) atoms. The van der Waals surface area contributed by atoms with Gasteiger partial charge in [0.15, 0.2) is 0 Å². The average Bonchev–Trinajstić information content (AvgIpc) is 3.06. The molecule has 6 nitrogen and oxygen atoms in total. The van der Waals surface area contributed by atoms with Crippen molar-refractivity contribution in [3.05, 3.63) is 94.3 Å². The number of aromatic nitrogens is 1. The normalized spacial score (nSPS) is 13.1. The van der Waals surface area contributed by atoms with Crippen molar-refractivity contribution in [3.63, 3.8) is 0 Å². The first kappa shape index (κ1) is 22.4. The molecule has 0 atom stereocenters. The number of carbonyl (C=O) groups is 3. The lowest BCUT2D eigenvalue weighted by Gasteiger charge is -2.25. The van der Waals surface area contributed by atoms with Crippen molar-refractivity contribution in [1.29, 1.82) is 0 Å². The maximum absolute atomic E-state index is 13.5. The van der Waals surface area contributed by atoms with E-state index in [1.165, 1.54) is 11.0 Å². The number of hydrogen-bond donors (Lipinski definition) is 1. The number of imide groups is 1. The quantitative estimate of drug-likeness (QED) is 0.543. The van der Waals surface area contributed by atoms with Gasteiger partial charge < -0.3 is 5.32 Å². The van der Waals surface area contributed by atoms with Crippen molar-refractivity contribution in [1.82, 2.24) is 10.3 Å². The molecule has 3 aromatic rings. The SMILES string of the molecule is CC(C)c1cccc(C(C)C)c1N1C(=O)c2ccc(C(=O)NCc3ccncc3)cc2C1=O. The number of fused-ring (bicyclic) bond motifs is 1. The van der Waals surface area contributed by atoms with Gasteiger partial charge in [0, 0.05) is 24.5 Å². The minimum Gasteiger partial charge on any atom is -0.348 e. The number of hydrogen-bond acceptors (Lipinski definition) is 4. The molecule has 0 saturated heterocycles. The lowest BCUT2D eigenvalue weighted by molar-refractivity contribution is 0.0923. The monoisotopic (exact) mass is 441 g/mol. The van der Waals surface area contributed by atoms with Crippen LogP contribution in [-0.4, -0.2) is 22.7 Å². The highest BCUT2D eigenvalue weighted by Crippen LogP contribution is 2.39. The van der Waals surface area contributed by atoms with Crippen LogP contribution in [0.4, 0.5) is 5.69 Å². The third kappa shape index (κ3) is 4.16. The molecule has 0 radical (unpaired) electrons. The van der Waals surface area contributed by atoms with E-state index < -0.39 is 5.91 Å². The van der Waals surface area contributed by atoms with E-state index in [2.05, 4.69) is 10.3 Å². The van der Waals surface area contributed by atoms with Crippen LogP contribution < -0.4 is 10.2 Å². The molecule has 0 saturated carbocycles. The number of amides is 3. The molecule has 0 unspecified atom stereocenters. The highest BCUT2D eigenvalue weighted by atomic mass is 16.2. The number of pyridine rings is 1. The molecule has 6 heteroatoms. The number of carbonyl (C=O) groups excluding carboxylic acids is 3. The largest absolute Gasteiger partial charge is 0.348 e. The first-order valence-electron chi connectivity index (χ1n) is 11.1. The standard InChI is InChI=1S/C27H27N3O3/c1-16(2)20-6-5-7-21(17(3)4)24(20)30-26(32)22-9-8-19(14-23(22)27(30)33)25(31)29-15-18-10-12-28-13-11-18/h5-14,16-17H,15H2,1-4H3,(H,29,31). The van der Waals surface area contributed by atoms with Gasteiger partial charge in [-0.2, -0.15) is 0 Å². The lowest BCUT2D eigenvalue weighted by Crippen LogP contribution is -2.31. The van der Waals surface area contributed by atoms with Crippen molar-refractivity contribution in [3.8, 4) is 0 Å². The Morgan fingerprint density at radius 1 is 0.879 bits per heavy atom. The van der Waals surface area contributed by atoms with Gasteiger partial charge in [0.1, 0.15) is 0 Å². The van der Waals surface area contributed by atoms with E-state index in [-0.39, 0.29) is 29.2 Å². The third-order valence-electron chi connectivity index (χ3n) is 5.92. The zero-order chi connectivity index (χ0) is 23.7. The summed E-state index contributed by atoms with van der Waals surface area (Å²) in [5.74, 6) is -0.781. The first-order valence-corrected chi connectivity index (χ1v) is 11.1. The Morgan fingerprint density at radius 3 is 2.09 bits per heavy atom. The molecular formula is C27H27N3O3. The third-order valence-corrected chi connectivity index (χ3v) is 5.92. The zero-order valence-corrected chi connectivity index (χ0v) is 19.3. The van der Waals surface area contributed by atoms with Gasteiger partial charge in [-0.1, -0.05) is 45.9 Å². The van der Waals surface area contributed by atoms with E-state index in [0.29, 0.717) is 23.4 Å². The molecule has 2 heterocycles. The first-order chi connectivity index (χ1) is 15.8. The number of nitrogens with zero attached hydrogens (tertiary/aromatic N) is 2. The van der Waals surface area contributed by atoms with Gasteiger partial charge in [-0.15, -0.1) is 0 Å². The van der Waals surface area contributed by atoms with Gasteiger partial charge in [-0.05, 0) is 58.9 Å². The molecule has 4 rings (SSSR count). The highest BCUT2D eigenvalue weighted by molar-refractivity contribution is 6.35. The molecule has 0 fully saturated rings. The fourth-order valence-corrected chi connectivity index (χ4v) is 4.14. The predicted octanol–water partition coefficient (Wildman–Crippen LogP) is 5.06. The van der Waals surface area contributed by atoms with Crippen LogP contribution in [0.5, 0.6) is 0 Å². The van der Waals surface area contributed by atoms with Crippen molar-refractivity contribution < 1.29 is 14.4 Å². The van der Waals surface area contributed by atoms with Crippen molar-refractivity contribution in [2.45, 2.75) is 46.1 Å². The van der Waals surface area contributed by atoms with Gasteiger partial charge in [0.25, 0.3) is 17.7 Å². The Morgan fingerprint density at radius 2 is 1.48 bits per heavy atom. The van der Waals surface area contributed by atoms with Crippen molar-refractivity contribution >= 4 is 23.4 Å². The summed E-state index contributed by atoms with van der Waals surface area (Å²) in [4.78, 5) is 44.8. The lowest BCUT2D eigenvalue weighted by atomic mass is 9.92. The average molecular weight is 442 g/mol. The molecule has 168 valence electrons. The van der Waals surface area contributed by atoms with Crippen LogP contribution in [0.1, 0.15) is 87.3 Å². The summed E-state index contributed by atoms with van der Waals surface area (Å²) in [6, 6.07) is 14.2. The van der Waals surface area contributed by atoms with E-state index >= 15 is 0 Å². The summed E-state index contributed by atoms with van der Waals surface area (Å²) in [6.07, 6.45) is 3.33. The smallest absolute Gasteiger partial charge is 0.266 e. The molecule has 0 spiro atoms. The number of anilines is 1. The summed E-state index contributed by atoms with van der Waals surface area (Å²) in [7, 11) is 0. The van der Waals surface area contributed by atoms with Crippen molar-refractivity contribution in [2.24, 2.45) is 0 Å². The van der Waals surface area contributed by atoms with Gasteiger partial charge >= 0.3 is 0 Å². The number of para-hydroxylation sites is 1. The number of nitrogens with one attached hydrogen (secondary N) is 1. The Labute approximate surface area is 193 Å². The molecule has 2 aromatic carbocycles. The van der Waals surface area contributed by atoms with Crippen LogP contribution in [0.3, 0.4) is 0 Å². The second-order valence-corrected chi connectivity index (χ2v) is 8.84. The molecule has 1 aliphatic heterocycles. The van der Waals surface area contributed by atoms with Gasteiger partial charge in [0.2, 0.25) is 0 Å². The summed E-state index contributed by atoms with van der Waals surface area (Å²) in [6.45, 7) is 8.54. The fraction of sp³-hybridized carbons (Fsp3) is 0.259. The number of benzene rings is 2. The molecule has 1 aliphatic rings. The van der Waals surface area contributed by atoms with Gasteiger partial charge in [-0.3, -0.25) is 19.4 Å². The Bertz CT molecular complexity index is 1210. The van der Waals surface area contributed by atoms with Gasteiger partial charge in [0.05, 0.1) is 16.8 Å². The number of rotatable bonds is 6. The summed E-state index contributed by atoms with van der Waals surface area (Å²) < 4.78 is 0. The minimum atomic E-state index is -0.395. The second kappa shape index (κ2) is 8.98. The Kier molecular flexibility index (Phi) is 6.09. The van der Waals surface area contributed by atoms with E-state index in [4.69, 9.17) is 0 Å². The van der Waals surface area contributed by atoms with E-state index in [1.807, 2.05) is 58.0 Å². The predicted molar refractivity (Wildman–Crippen MR) is 128 cm³/mol. The van der Waals surface area contributed by atoms with Crippen LogP contribution in [-0.2, 0) is 6.54 Å². The summed E-state index contributed by atoms with van der Waals surface area (Å²) in [5.41, 5.74) is 4.40. The highest BCUT2D eigenvalue weighted by Gasteiger charge is 2.39. The van der Waals surface area contributed by atoms with E-state index in [1.54, 1.807) is 24.5 Å². The van der Waals surface area contributed by atoms with E-state index in [9.17, 15) is 14.4 Å². The fourth-order valence-electron chi connectivity index (χ4n) is 4.14. The van der Waals surface area contributed by atoms with E-state index in [0.717, 1.165) is 16.7 Å². The second-order valence-electron chi connectivity index (χ2n) is 8.84. The van der Waals surface area contributed by atoms with Crippen LogP contribution in [0.2, 0.25) is 0 Å². The Balaban J connectivity index is 1.67. The van der Waals surface area contributed by atoms with Crippen LogP contribution in [0.15, 0.2) is 60.9 Å². The summed E-state index contributed by atoms with van der Waals surface area (Å²) in [5, 5.41) is 2.85. The maximum Gasteiger partial charge on any atom is 0.266 e. The molecular weight excluding hydrogens is 414 g/mol. The van der Waals surface area contributed by atoms with Crippen LogP contribution in [0, 0.1) is 0 Å². The van der Waals surface area contributed by atoms with Crippen LogP contribution in [0.25, 0.3) is 0 Å². The molecule has 3 amide bonds. The maximum atomic E-state index is 13.5. The van der Waals surface area contributed by atoms with Crippen LogP contribution >= 0.6 is 0 Å². The molecule has 0 bridgehead atoms. The molecule has 1 N–H and O–H groups in total. The van der Waals surface area contributed by atoms with Crippen molar-refractivity contribution in [2.75, 3.05) is 4.90 Å². The Hall–Kier alpha value is -3.80. The minimum absolute atomic E-state index is 0.137. The molecule has 1 aromatic heterocycles. The molecule has 0 aliphatic carbocycles. The zero-order valence-electron chi connectivity index (χ0n) is 19.3. The van der Waals surface area contributed by atoms with Gasteiger partial charge in [-0.25, -0.2) is 4.90 Å². The topological polar surface area (TPSA) is 79.4 Å². The summed E-state index contributed by atoms with van der Waals surface area (Å²) >= 11 is 0.